The van der Waals surface area contributed by atoms with Crippen LogP contribution in [0.4, 0.5) is 0 Å². The fraction of sp³-hybridized carbons (Fsp3) is 0.731. The summed E-state index contributed by atoms with van der Waals surface area (Å²) in [5.74, 6) is -0.358. The molecule has 32 heavy (non-hydrogen) atoms. The highest BCUT2D eigenvalue weighted by Crippen LogP contribution is 2.51. The minimum absolute atomic E-state index is 0.0199. The second kappa shape index (κ2) is 11.2. The van der Waals surface area contributed by atoms with Crippen LogP contribution in [0, 0.1) is 17.3 Å². The molecule has 0 saturated carbocycles. The fourth-order valence-electron chi connectivity index (χ4n) is 5.33. The van der Waals surface area contributed by atoms with E-state index < -0.39 is 11.3 Å². The lowest BCUT2D eigenvalue weighted by Crippen LogP contribution is -2.52. The molecule has 3 aliphatic rings. The number of ether oxygens (including phenoxy) is 1. The van der Waals surface area contributed by atoms with E-state index in [0.29, 0.717) is 38.5 Å². The topological polar surface area (TPSA) is 75.7 Å². The summed E-state index contributed by atoms with van der Waals surface area (Å²) in [6, 6.07) is 0. The number of hydrogen-bond acceptors (Lipinski definition) is 4. The number of amides is 2. The number of rotatable bonds is 10. The van der Waals surface area contributed by atoms with Gasteiger partial charge >= 0.3 is 5.97 Å². The van der Waals surface area contributed by atoms with E-state index in [-0.39, 0.29) is 24.2 Å². The van der Waals surface area contributed by atoms with Crippen molar-refractivity contribution in [3.63, 3.8) is 0 Å². The van der Waals surface area contributed by atoms with Crippen LogP contribution in [0.25, 0.3) is 0 Å². The molecule has 0 aromatic carbocycles. The molecule has 2 atom stereocenters. The monoisotopic (exact) mass is 444 g/mol. The van der Waals surface area contributed by atoms with Gasteiger partial charge in [0.05, 0.1) is 6.61 Å². The number of fused-ring (bicyclic) bond motifs is 1. The second-order valence-electron chi connectivity index (χ2n) is 9.92. The van der Waals surface area contributed by atoms with Crippen LogP contribution < -0.4 is 5.32 Å². The summed E-state index contributed by atoms with van der Waals surface area (Å²) in [6.07, 6.45) is 12.6. The van der Waals surface area contributed by atoms with Crippen LogP contribution in [-0.4, -0.2) is 42.4 Å². The van der Waals surface area contributed by atoms with Crippen LogP contribution >= 0.6 is 0 Å². The normalized spacial score (nSPS) is 25.3. The van der Waals surface area contributed by atoms with E-state index in [4.69, 9.17) is 4.74 Å². The molecule has 0 radical (unpaired) electrons. The Kier molecular flexibility index (Phi) is 8.55. The predicted octanol–water partition coefficient (Wildman–Crippen LogP) is 4.51. The summed E-state index contributed by atoms with van der Waals surface area (Å²) < 4.78 is 5.48. The van der Waals surface area contributed by atoms with Crippen LogP contribution in [0.5, 0.6) is 0 Å². The molecule has 0 aromatic heterocycles. The van der Waals surface area contributed by atoms with Crippen molar-refractivity contribution in [3.05, 3.63) is 23.4 Å². The smallest absolute Gasteiger partial charge is 0.318 e. The Morgan fingerprint density at radius 3 is 2.75 bits per heavy atom. The van der Waals surface area contributed by atoms with Crippen molar-refractivity contribution < 1.29 is 19.1 Å². The van der Waals surface area contributed by atoms with E-state index in [1.54, 1.807) is 0 Å². The molecule has 0 unspecified atom stereocenters. The summed E-state index contributed by atoms with van der Waals surface area (Å²) >= 11 is 0. The van der Waals surface area contributed by atoms with Gasteiger partial charge in [0.25, 0.3) is 0 Å². The number of hydrogen-bond donors (Lipinski definition) is 1. The summed E-state index contributed by atoms with van der Waals surface area (Å²) in [6.45, 7) is 7.55. The molecule has 0 bridgehead atoms. The summed E-state index contributed by atoms with van der Waals surface area (Å²) in [7, 11) is 0. The standard InChI is InChI=1S/C26H40N2O4/c1-4-32-25(31)26-14-8-11-22(26)28(16-13-20-9-6-5-7-10-20)24(30)21(18-26)17-23(29)27-15-12-19(2)3/h9,11,19,21H,4-8,10,12-18H2,1-3H3,(H,27,29)/t21-,26+/m1/s1. The molecule has 178 valence electrons. The second-order valence-corrected chi connectivity index (χ2v) is 9.92. The largest absolute Gasteiger partial charge is 0.465 e. The van der Waals surface area contributed by atoms with Crippen LogP contribution in [-0.2, 0) is 19.1 Å². The maximum atomic E-state index is 13.5. The lowest BCUT2D eigenvalue weighted by molar-refractivity contribution is -0.160. The fourth-order valence-corrected chi connectivity index (χ4v) is 5.33. The number of carbonyl (C=O) groups is 3. The highest BCUT2D eigenvalue weighted by Gasteiger charge is 2.55. The number of likely N-dealkylation sites (tertiary alicyclic amines) is 1. The maximum Gasteiger partial charge on any atom is 0.318 e. The van der Waals surface area contributed by atoms with Crippen molar-refractivity contribution in [1.82, 2.24) is 10.2 Å². The molecule has 2 aliphatic carbocycles. The van der Waals surface area contributed by atoms with Gasteiger partial charge in [0, 0.05) is 31.1 Å². The SMILES string of the molecule is CCOC(=O)[C@]12CCC=C1N(CCC1=CCCCC1)C(=O)[C@H](CC(=O)NCCC(C)C)C2. The average molecular weight is 445 g/mol. The quantitative estimate of drug-likeness (QED) is 0.397. The van der Waals surface area contributed by atoms with E-state index in [2.05, 4.69) is 25.2 Å². The minimum Gasteiger partial charge on any atom is -0.465 e. The van der Waals surface area contributed by atoms with Crippen molar-refractivity contribution in [2.24, 2.45) is 17.3 Å². The molecule has 0 aromatic rings. The molecule has 1 N–H and O–H groups in total. The first kappa shape index (κ1) is 24.5. The number of piperidine rings is 1. The highest BCUT2D eigenvalue weighted by atomic mass is 16.5. The maximum absolute atomic E-state index is 13.5. The lowest BCUT2D eigenvalue weighted by atomic mass is 9.71. The van der Waals surface area contributed by atoms with Gasteiger partial charge in [0.2, 0.25) is 11.8 Å². The van der Waals surface area contributed by atoms with Gasteiger partial charge < -0.3 is 15.0 Å². The summed E-state index contributed by atoms with van der Waals surface area (Å²) in [5.41, 5.74) is 1.42. The minimum atomic E-state index is -0.798. The molecule has 0 spiro atoms. The van der Waals surface area contributed by atoms with Crippen molar-refractivity contribution in [2.45, 2.75) is 85.0 Å². The van der Waals surface area contributed by atoms with Crippen LogP contribution in [0.1, 0.15) is 85.0 Å². The third-order valence-electron chi connectivity index (χ3n) is 7.08. The van der Waals surface area contributed by atoms with Gasteiger partial charge in [0.15, 0.2) is 0 Å². The van der Waals surface area contributed by atoms with Crippen LogP contribution in [0.15, 0.2) is 23.4 Å². The Bertz CT molecular complexity index is 770. The van der Waals surface area contributed by atoms with Gasteiger partial charge in [-0.25, -0.2) is 0 Å². The van der Waals surface area contributed by atoms with Gasteiger partial charge in [-0.05, 0) is 70.6 Å². The molecule has 1 fully saturated rings. The molecule has 6 heteroatoms. The molecule has 1 aliphatic heterocycles. The predicted molar refractivity (Wildman–Crippen MR) is 124 cm³/mol. The van der Waals surface area contributed by atoms with Crippen molar-refractivity contribution in [3.8, 4) is 0 Å². The first-order valence-corrected chi connectivity index (χ1v) is 12.5. The van der Waals surface area contributed by atoms with Gasteiger partial charge in [-0.3, -0.25) is 14.4 Å². The zero-order valence-electron chi connectivity index (χ0n) is 20.1. The van der Waals surface area contributed by atoms with Crippen LogP contribution in [0.2, 0.25) is 0 Å². The molecular weight excluding hydrogens is 404 g/mol. The zero-order chi connectivity index (χ0) is 23.1. The van der Waals surface area contributed by atoms with E-state index in [9.17, 15) is 14.4 Å². The van der Waals surface area contributed by atoms with Crippen molar-refractivity contribution >= 4 is 17.8 Å². The highest BCUT2D eigenvalue weighted by molar-refractivity contribution is 5.92. The van der Waals surface area contributed by atoms with Crippen LogP contribution in [0.3, 0.4) is 0 Å². The number of allylic oxidation sites excluding steroid dienone is 2. The molecule has 1 saturated heterocycles. The average Bonchev–Trinajstić information content (AvgIpc) is 3.19. The van der Waals surface area contributed by atoms with E-state index in [0.717, 1.165) is 37.8 Å². The van der Waals surface area contributed by atoms with Gasteiger partial charge in [-0.1, -0.05) is 31.6 Å². The summed E-state index contributed by atoms with van der Waals surface area (Å²) in [5, 5.41) is 2.96. The molecule has 1 heterocycles. The number of nitrogens with zero attached hydrogens (tertiary/aromatic N) is 1. The number of carbonyl (C=O) groups excluding carboxylic acids is 3. The van der Waals surface area contributed by atoms with Gasteiger partial charge in [-0.2, -0.15) is 0 Å². The molecule has 3 rings (SSSR count). The van der Waals surface area contributed by atoms with Crippen molar-refractivity contribution in [1.29, 1.82) is 0 Å². The van der Waals surface area contributed by atoms with Gasteiger partial charge in [0.1, 0.15) is 5.41 Å². The molecular formula is C26H40N2O4. The Morgan fingerprint density at radius 1 is 1.25 bits per heavy atom. The van der Waals surface area contributed by atoms with Crippen molar-refractivity contribution in [2.75, 3.05) is 19.7 Å². The Hall–Kier alpha value is -2.11. The Labute approximate surface area is 192 Å². The van der Waals surface area contributed by atoms with E-state index in [1.165, 1.54) is 18.4 Å². The Balaban J connectivity index is 1.77. The number of esters is 1. The summed E-state index contributed by atoms with van der Waals surface area (Å²) in [4.78, 5) is 41.1. The first-order chi connectivity index (χ1) is 15.4. The lowest BCUT2D eigenvalue weighted by Gasteiger charge is -2.44. The number of nitrogens with one attached hydrogen (secondary N) is 1. The molecule has 6 nitrogen and oxygen atoms in total. The van der Waals surface area contributed by atoms with Gasteiger partial charge in [-0.15, -0.1) is 0 Å². The first-order valence-electron chi connectivity index (χ1n) is 12.5. The third kappa shape index (κ3) is 5.62. The van der Waals surface area contributed by atoms with E-state index >= 15 is 0 Å². The molecule has 2 amide bonds. The third-order valence-corrected chi connectivity index (χ3v) is 7.08. The Morgan fingerprint density at radius 2 is 2.06 bits per heavy atom. The van der Waals surface area contributed by atoms with E-state index in [1.807, 2.05) is 17.9 Å². The zero-order valence-corrected chi connectivity index (χ0v) is 20.1.